The Morgan fingerprint density at radius 1 is 1.19 bits per heavy atom. The topological polar surface area (TPSA) is 26.3 Å². The number of hydrogen-bond acceptors (Lipinski definition) is 2. The zero-order valence-corrected chi connectivity index (χ0v) is 9.90. The van der Waals surface area contributed by atoms with Gasteiger partial charge in [-0.3, -0.25) is 4.79 Å². The lowest BCUT2D eigenvalue weighted by atomic mass is 9.76. The lowest BCUT2D eigenvalue weighted by molar-refractivity contribution is -0.159. The molecule has 2 aliphatic carbocycles. The molecule has 3 aliphatic rings. The summed E-state index contributed by atoms with van der Waals surface area (Å²) in [5.41, 5.74) is 2.95. The van der Waals surface area contributed by atoms with Gasteiger partial charge in [-0.15, -0.1) is 0 Å². The second-order valence-electron chi connectivity index (χ2n) is 5.09. The van der Waals surface area contributed by atoms with Crippen LogP contribution in [0.1, 0.15) is 33.1 Å². The summed E-state index contributed by atoms with van der Waals surface area (Å²) < 4.78 is 5.56. The highest BCUT2D eigenvalue weighted by Crippen LogP contribution is 2.58. The molecule has 4 unspecified atom stereocenters. The smallest absolute Gasteiger partial charge is 0.306 e. The molecule has 2 nitrogen and oxygen atoms in total. The Labute approximate surface area is 96.4 Å². The summed E-state index contributed by atoms with van der Waals surface area (Å²) in [5.74, 6) is 1.73. The molecule has 0 amide bonds. The van der Waals surface area contributed by atoms with Gasteiger partial charge in [0, 0.05) is 18.3 Å². The third-order valence-electron chi connectivity index (χ3n) is 4.55. The molecule has 86 valence electrons. The molecule has 0 aromatic carbocycles. The van der Waals surface area contributed by atoms with Gasteiger partial charge in [0.2, 0.25) is 0 Å². The molecule has 2 heteroatoms. The average molecular weight is 218 g/mol. The normalized spacial score (nSPS) is 46.2. The van der Waals surface area contributed by atoms with Crippen molar-refractivity contribution in [1.82, 2.24) is 0 Å². The van der Waals surface area contributed by atoms with Crippen LogP contribution >= 0.6 is 0 Å². The number of fused-ring (bicyclic) bond motifs is 5. The van der Waals surface area contributed by atoms with Gasteiger partial charge >= 0.3 is 5.97 Å². The molecule has 0 radical (unpaired) electrons. The van der Waals surface area contributed by atoms with E-state index < -0.39 is 0 Å². The molecule has 3 fully saturated rings. The van der Waals surface area contributed by atoms with Gasteiger partial charge in [0.1, 0.15) is 6.10 Å². The van der Waals surface area contributed by atoms with Gasteiger partial charge in [0.05, 0.1) is 0 Å². The van der Waals surface area contributed by atoms with Crippen LogP contribution in [0.3, 0.4) is 0 Å². The van der Waals surface area contributed by atoms with E-state index in [1.54, 1.807) is 0 Å². The lowest BCUT2D eigenvalue weighted by Crippen LogP contribution is -2.38. The number of allylic oxidation sites excluding steroid dienone is 3. The van der Waals surface area contributed by atoms with Gasteiger partial charge in [-0.05, 0) is 43.8 Å². The van der Waals surface area contributed by atoms with Crippen molar-refractivity contribution in [3.63, 3.8) is 0 Å². The van der Waals surface area contributed by atoms with Crippen molar-refractivity contribution in [3.05, 3.63) is 23.3 Å². The monoisotopic (exact) mass is 218 g/mol. The first kappa shape index (κ1) is 10.1. The Kier molecular flexibility index (Phi) is 2.20. The van der Waals surface area contributed by atoms with Crippen LogP contribution in [0.4, 0.5) is 0 Å². The van der Waals surface area contributed by atoms with Crippen molar-refractivity contribution in [2.24, 2.45) is 17.8 Å². The van der Waals surface area contributed by atoms with Crippen LogP contribution in [0.2, 0.25) is 0 Å². The van der Waals surface area contributed by atoms with E-state index in [2.05, 4.69) is 26.0 Å². The molecule has 1 heterocycles. The summed E-state index contributed by atoms with van der Waals surface area (Å²) >= 11 is 0. The summed E-state index contributed by atoms with van der Waals surface area (Å²) in [5, 5.41) is 0. The summed E-state index contributed by atoms with van der Waals surface area (Å²) in [4.78, 5) is 11.4. The Morgan fingerprint density at radius 3 is 2.56 bits per heavy atom. The van der Waals surface area contributed by atoms with Gasteiger partial charge in [-0.2, -0.15) is 0 Å². The van der Waals surface area contributed by atoms with Crippen molar-refractivity contribution >= 4 is 5.97 Å². The minimum Gasteiger partial charge on any atom is -0.461 e. The summed E-state index contributed by atoms with van der Waals surface area (Å²) in [6, 6.07) is 0. The van der Waals surface area contributed by atoms with E-state index in [1.807, 2.05) is 0 Å². The van der Waals surface area contributed by atoms with Gasteiger partial charge in [-0.1, -0.05) is 12.2 Å². The van der Waals surface area contributed by atoms with Gasteiger partial charge in [0.15, 0.2) is 0 Å². The molecule has 0 N–H and O–H groups in total. The van der Waals surface area contributed by atoms with Crippen molar-refractivity contribution in [1.29, 1.82) is 0 Å². The zero-order chi connectivity index (χ0) is 11.3. The largest absolute Gasteiger partial charge is 0.461 e. The van der Waals surface area contributed by atoms with Crippen molar-refractivity contribution in [2.45, 2.75) is 39.2 Å². The van der Waals surface area contributed by atoms with Crippen molar-refractivity contribution in [2.75, 3.05) is 0 Å². The molecule has 1 aliphatic heterocycles. The number of esters is 1. The van der Waals surface area contributed by atoms with Crippen molar-refractivity contribution in [3.8, 4) is 0 Å². The predicted molar refractivity (Wildman–Crippen MR) is 61.7 cm³/mol. The first-order valence-corrected chi connectivity index (χ1v) is 6.28. The quantitative estimate of drug-likeness (QED) is 0.584. The number of hydrogen-bond donors (Lipinski definition) is 0. The molecule has 2 saturated carbocycles. The number of carbonyl (C=O) groups is 1. The maximum Gasteiger partial charge on any atom is 0.306 e. The van der Waals surface area contributed by atoms with Gasteiger partial charge < -0.3 is 4.74 Å². The molecule has 1 saturated heterocycles. The van der Waals surface area contributed by atoms with E-state index in [0.29, 0.717) is 24.2 Å². The zero-order valence-electron chi connectivity index (χ0n) is 9.90. The van der Waals surface area contributed by atoms with Gasteiger partial charge in [0.25, 0.3) is 0 Å². The van der Waals surface area contributed by atoms with Crippen LogP contribution in [0.15, 0.2) is 23.3 Å². The fourth-order valence-electron chi connectivity index (χ4n) is 3.99. The van der Waals surface area contributed by atoms with Crippen LogP contribution in [0.5, 0.6) is 0 Å². The van der Waals surface area contributed by atoms with E-state index in [9.17, 15) is 4.79 Å². The van der Waals surface area contributed by atoms with Crippen LogP contribution < -0.4 is 0 Å². The molecule has 0 aromatic heterocycles. The Bertz CT molecular complexity index is 392. The average Bonchev–Trinajstić information content (AvgIpc) is 2.83. The lowest BCUT2D eigenvalue weighted by Gasteiger charge is -2.36. The first-order valence-electron chi connectivity index (χ1n) is 6.28. The Balaban J connectivity index is 1.96. The molecule has 2 bridgehead atoms. The van der Waals surface area contributed by atoms with E-state index in [1.165, 1.54) is 17.6 Å². The number of ether oxygens (including phenoxy) is 1. The fraction of sp³-hybridized carbons (Fsp3) is 0.643. The Morgan fingerprint density at radius 2 is 1.88 bits per heavy atom. The van der Waals surface area contributed by atoms with Crippen LogP contribution in [-0.2, 0) is 9.53 Å². The minimum atomic E-state index is 0.00582. The second-order valence-corrected chi connectivity index (χ2v) is 5.09. The van der Waals surface area contributed by atoms with E-state index in [-0.39, 0.29) is 12.1 Å². The maximum absolute atomic E-state index is 11.4. The molecular weight excluding hydrogens is 200 g/mol. The van der Waals surface area contributed by atoms with E-state index in [0.717, 1.165) is 6.42 Å². The SMILES string of the molecule is CC=C1C(=CC)C2CC1C1CCC(=O)OC21. The maximum atomic E-state index is 11.4. The Hall–Kier alpha value is -1.05. The van der Waals surface area contributed by atoms with E-state index >= 15 is 0 Å². The highest BCUT2D eigenvalue weighted by molar-refractivity contribution is 5.71. The number of carbonyl (C=O) groups excluding carboxylic acids is 1. The summed E-state index contributed by atoms with van der Waals surface area (Å²) in [7, 11) is 0. The summed E-state index contributed by atoms with van der Waals surface area (Å²) in [6.45, 7) is 4.22. The van der Waals surface area contributed by atoms with Crippen LogP contribution in [-0.4, -0.2) is 12.1 Å². The van der Waals surface area contributed by atoms with Gasteiger partial charge in [-0.25, -0.2) is 0 Å². The molecular formula is C14H18O2. The molecule has 0 aromatic rings. The minimum absolute atomic E-state index is 0.00582. The fourth-order valence-corrected chi connectivity index (χ4v) is 3.99. The molecule has 3 rings (SSSR count). The summed E-state index contributed by atoms with van der Waals surface area (Å²) in [6.07, 6.45) is 7.49. The first-order chi connectivity index (χ1) is 7.76. The second kappa shape index (κ2) is 3.47. The van der Waals surface area contributed by atoms with Crippen molar-refractivity contribution < 1.29 is 9.53 Å². The predicted octanol–water partition coefficient (Wildman–Crippen LogP) is 2.85. The van der Waals surface area contributed by atoms with E-state index in [4.69, 9.17) is 4.74 Å². The highest BCUT2D eigenvalue weighted by atomic mass is 16.5. The molecule has 16 heavy (non-hydrogen) atoms. The van der Waals surface area contributed by atoms with Crippen LogP contribution in [0, 0.1) is 17.8 Å². The molecule has 4 atom stereocenters. The highest BCUT2D eigenvalue weighted by Gasteiger charge is 2.55. The molecule has 0 spiro atoms. The third kappa shape index (κ3) is 1.16. The number of rotatable bonds is 0. The standard InChI is InChI=1S/C14H18O2/c1-3-8-9(4-2)12-7-11(8)10-5-6-13(15)16-14(10)12/h3-4,10-12,14H,5-7H2,1-2H3. The third-order valence-corrected chi connectivity index (χ3v) is 4.55. The van der Waals surface area contributed by atoms with Crippen LogP contribution in [0.25, 0.3) is 0 Å².